The first kappa shape index (κ1) is 25.3. The molecule has 0 bridgehead atoms. The van der Waals surface area contributed by atoms with E-state index in [2.05, 4.69) is 27.3 Å². The van der Waals surface area contributed by atoms with Gasteiger partial charge in [-0.05, 0) is 79.3 Å². The number of aryl methyl sites for hydroxylation is 2. The molecule has 0 aliphatic carbocycles. The van der Waals surface area contributed by atoms with Crippen LogP contribution in [0.4, 0.5) is 5.69 Å². The Balaban J connectivity index is 1.31. The van der Waals surface area contributed by atoms with Gasteiger partial charge in [-0.3, -0.25) is 19.2 Å². The first-order valence-corrected chi connectivity index (χ1v) is 13.5. The Morgan fingerprint density at radius 1 is 1.05 bits per heavy atom. The van der Waals surface area contributed by atoms with Gasteiger partial charge in [-0.2, -0.15) is 0 Å². The maximum atomic E-state index is 13.6. The molecule has 1 saturated heterocycles. The number of hydrogen-bond acceptors (Lipinski definition) is 6. The second-order valence-electron chi connectivity index (χ2n) is 10.2. The first-order chi connectivity index (χ1) is 18.9. The lowest BCUT2D eigenvalue weighted by atomic mass is 9.98. The van der Waals surface area contributed by atoms with Gasteiger partial charge >= 0.3 is 11.7 Å². The number of carboxylic acid groups (broad SMARTS) is 1. The van der Waals surface area contributed by atoms with Crippen LogP contribution in [0.25, 0.3) is 16.6 Å². The average Bonchev–Trinajstić information content (AvgIpc) is 2.93. The summed E-state index contributed by atoms with van der Waals surface area (Å²) in [6.07, 6.45) is 7.18. The van der Waals surface area contributed by atoms with Gasteiger partial charge in [0, 0.05) is 55.3 Å². The molecule has 0 spiro atoms. The van der Waals surface area contributed by atoms with E-state index < -0.39 is 17.2 Å². The summed E-state index contributed by atoms with van der Waals surface area (Å²) >= 11 is 6.14. The summed E-state index contributed by atoms with van der Waals surface area (Å²) in [6, 6.07) is 12.1. The standard InChI is InChI=1S/C29H28ClN5O4/c30-20-14-19(28(37)38)15-22(16-20)35-27(36)24-3-4-25(23-2-1-11-34(26(23)24)29(35)39)32-21-7-12-33(13-8-21)17-18-5-9-31-10-6-18/h3-6,9-10,14-16,21,32H,1-2,7-8,11-13,17H2,(H,37,38). The summed E-state index contributed by atoms with van der Waals surface area (Å²) in [5.74, 6) is -1.18. The predicted molar refractivity (Wildman–Crippen MR) is 150 cm³/mol. The number of aromatic carboxylic acids is 1. The Bertz CT molecular complexity index is 1690. The number of benzene rings is 2. The van der Waals surface area contributed by atoms with Crippen LogP contribution in [0.3, 0.4) is 0 Å². The number of rotatable bonds is 6. The third-order valence-corrected chi connectivity index (χ3v) is 7.93. The molecule has 4 heterocycles. The molecule has 39 heavy (non-hydrogen) atoms. The van der Waals surface area contributed by atoms with E-state index in [0.29, 0.717) is 23.5 Å². The van der Waals surface area contributed by atoms with Crippen LogP contribution in [-0.2, 0) is 19.5 Å². The van der Waals surface area contributed by atoms with Crippen molar-refractivity contribution in [1.29, 1.82) is 0 Å². The van der Waals surface area contributed by atoms with E-state index in [4.69, 9.17) is 11.6 Å². The molecular weight excluding hydrogens is 518 g/mol. The molecule has 6 rings (SSSR count). The maximum Gasteiger partial charge on any atom is 0.336 e. The second-order valence-corrected chi connectivity index (χ2v) is 10.7. The molecule has 2 N–H and O–H groups in total. The van der Waals surface area contributed by atoms with Gasteiger partial charge in [-0.1, -0.05) is 11.6 Å². The summed E-state index contributed by atoms with van der Waals surface area (Å²) in [6.45, 7) is 3.36. The summed E-state index contributed by atoms with van der Waals surface area (Å²) in [4.78, 5) is 45.3. The van der Waals surface area contributed by atoms with Crippen molar-refractivity contribution in [2.24, 2.45) is 0 Å². The number of hydrogen-bond donors (Lipinski definition) is 2. The highest BCUT2D eigenvalue weighted by Gasteiger charge is 2.25. The number of likely N-dealkylation sites (tertiary alicyclic amines) is 1. The minimum atomic E-state index is -1.18. The highest BCUT2D eigenvalue weighted by molar-refractivity contribution is 6.31. The average molecular weight is 546 g/mol. The fraction of sp³-hybridized carbons (Fsp3) is 0.310. The lowest BCUT2D eigenvalue weighted by molar-refractivity contribution is 0.0697. The molecule has 4 aromatic rings. The predicted octanol–water partition coefficient (Wildman–Crippen LogP) is 3.92. The molecule has 0 amide bonds. The molecule has 2 aliphatic heterocycles. The number of halogens is 1. The topological polar surface area (TPSA) is 109 Å². The van der Waals surface area contributed by atoms with Crippen molar-refractivity contribution in [3.63, 3.8) is 0 Å². The number of anilines is 1. The highest BCUT2D eigenvalue weighted by Crippen LogP contribution is 2.31. The van der Waals surface area contributed by atoms with Crippen LogP contribution in [0.15, 0.2) is 64.4 Å². The maximum absolute atomic E-state index is 13.6. The van der Waals surface area contributed by atoms with Gasteiger partial charge in [0.15, 0.2) is 0 Å². The van der Waals surface area contributed by atoms with Crippen molar-refractivity contribution >= 4 is 34.2 Å². The van der Waals surface area contributed by atoms with Gasteiger partial charge in [0.2, 0.25) is 0 Å². The number of nitrogens with zero attached hydrogens (tertiary/aromatic N) is 4. The Kier molecular flexibility index (Phi) is 6.70. The molecule has 9 nitrogen and oxygen atoms in total. The SMILES string of the molecule is O=C(O)c1cc(Cl)cc(-n2c(=O)c3ccc(NC4CCN(Cc5ccncc5)CC4)c4c3n(c2=O)CCC4)c1. The number of piperidine rings is 1. The minimum absolute atomic E-state index is 0.0883. The lowest BCUT2D eigenvalue weighted by Crippen LogP contribution is -2.41. The largest absolute Gasteiger partial charge is 0.478 e. The number of carboxylic acids is 1. The Hall–Kier alpha value is -3.95. The van der Waals surface area contributed by atoms with Crippen molar-refractivity contribution in [2.45, 2.75) is 44.8 Å². The molecule has 2 aromatic carbocycles. The van der Waals surface area contributed by atoms with E-state index in [1.807, 2.05) is 18.5 Å². The smallest absolute Gasteiger partial charge is 0.336 e. The van der Waals surface area contributed by atoms with Crippen LogP contribution in [0.5, 0.6) is 0 Å². The van der Waals surface area contributed by atoms with E-state index in [0.717, 1.165) is 61.1 Å². The third kappa shape index (κ3) is 4.84. The Labute approximate surface area is 229 Å². The number of nitrogens with one attached hydrogen (secondary N) is 1. The van der Waals surface area contributed by atoms with Crippen LogP contribution in [0.2, 0.25) is 5.02 Å². The van der Waals surface area contributed by atoms with Crippen molar-refractivity contribution < 1.29 is 9.90 Å². The zero-order valence-electron chi connectivity index (χ0n) is 21.3. The normalized spacial score (nSPS) is 15.9. The van der Waals surface area contributed by atoms with Crippen molar-refractivity contribution in [3.05, 3.63) is 97.4 Å². The van der Waals surface area contributed by atoms with Crippen molar-refractivity contribution in [3.8, 4) is 5.69 Å². The first-order valence-electron chi connectivity index (χ1n) is 13.1. The zero-order chi connectivity index (χ0) is 27.1. The van der Waals surface area contributed by atoms with Gasteiger partial charge in [-0.15, -0.1) is 0 Å². The van der Waals surface area contributed by atoms with Crippen molar-refractivity contribution in [1.82, 2.24) is 19.0 Å². The summed E-state index contributed by atoms with van der Waals surface area (Å²) in [5, 5.41) is 13.7. The molecule has 200 valence electrons. The van der Waals surface area contributed by atoms with Crippen molar-refractivity contribution in [2.75, 3.05) is 18.4 Å². The van der Waals surface area contributed by atoms with Crippen LogP contribution < -0.4 is 16.6 Å². The summed E-state index contributed by atoms with van der Waals surface area (Å²) < 4.78 is 2.67. The van der Waals surface area contributed by atoms with E-state index in [-0.39, 0.29) is 16.3 Å². The van der Waals surface area contributed by atoms with Crippen LogP contribution in [0, 0.1) is 0 Å². The Morgan fingerprint density at radius 3 is 2.56 bits per heavy atom. The molecule has 2 aromatic heterocycles. The highest BCUT2D eigenvalue weighted by atomic mass is 35.5. The molecule has 1 fully saturated rings. The van der Waals surface area contributed by atoms with Gasteiger partial charge in [0.05, 0.1) is 22.2 Å². The van der Waals surface area contributed by atoms with Gasteiger partial charge in [-0.25, -0.2) is 14.2 Å². The quantitative estimate of drug-likeness (QED) is 0.378. The molecule has 0 radical (unpaired) electrons. The van der Waals surface area contributed by atoms with Gasteiger partial charge in [0.25, 0.3) is 5.56 Å². The monoisotopic (exact) mass is 545 g/mol. The fourth-order valence-electron chi connectivity index (χ4n) is 5.81. The summed E-state index contributed by atoms with van der Waals surface area (Å²) in [5.41, 5.74) is 2.96. The molecule has 2 aliphatic rings. The summed E-state index contributed by atoms with van der Waals surface area (Å²) in [7, 11) is 0. The number of carbonyl (C=O) groups is 1. The van der Waals surface area contributed by atoms with E-state index in [1.54, 1.807) is 10.6 Å². The molecular formula is C29H28ClN5O4. The molecule has 0 unspecified atom stereocenters. The van der Waals surface area contributed by atoms with Crippen LogP contribution in [-0.4, -0.2) is 49.2 Å². The fourth-order valence-corrected chi connectivity index (χ4v) is 6.04. The van der Waals surface area contributed by atoms with Crippen LogP contribution >= 0.6 is 11.6 Å². The Morgan fingerprint density at radius 2 is 1.82 bits per heavy atom. The molecule has 10 heteroatoms. The van der Waals surface area contributed by atoms with Crippen LogP contribution in [0.1, 0.15) is 40.7 Å². The van der Waals surface area contributed by atoms with E-state index in [1.165, 1.54) is 23.8 Å². The minimum Gasteiger partial charge on any atom is -0.478 e. The molecule has 0 atom stereocenters. The zero-order valence-corrected chi connectivity index (χ0v) is 22.0. The number of pyridine rings is 1. The molecule has 0 saturated carbocycles. The van der Waals surface area contributed by atoms with E-state index in [9.17, 15) is 19.5 Å². The lowest BCUT2D eigenvalue weighted by Gasteiger charge is -2.34. The number of aromatic nitrogens is 3. The van der Waals surface area contributed by atoms with E-state index >= 15 is 0 Å². The third-order valence-electron chi connectivity index (χ3n) is 7.71. The van der Waals surface area contributed by atoms with Gasteiger partial charge < -0.3 is 10.4 Å². The second kappa shape index (κ2) is 10.3. The van der Waals surface area contributed by atoms with Gasteiger partial charge in [0.1, 0.15) is 0 Å².